The molecule has 4 heterocycles. The van der Waals surface area contributed by atoms with Crippen molar-refractivity contribution < 1.29 is 18.3 Å². The van der Waals surface area contributed by atoms with Gasteiger partial charge in [-0.25, -0.2) is 19.6 Å². The maximum Gasteiger partial charge on any atom is 0.387 e. The predicted octanol–water partition coefficient (Wildman–Crippen LogP) is 4.44. The third kappa shape index (κ3) is 5.95. The van der Waals surface area contributed by atoms with E-state index in [2.05, 4.69) is 35.1 Å². The van der Waals surface area contributed by atoms with E-state index in [1.807, 2.05) is 6.92 Å². The number of aromatic nitrogens is 6. The molecule has 0 aliphatic heterocycles. The van der Waals surface area contributed by atoms with Gasteiger partial charge in [-0.2, -0.15) is 13.9 Å². The standard InChI is InChI=1S/C23H23ClF2N8O2/c1-13(6-9-35-22-15(12-31-34(22)2)21-29-8-5-19(27)33-21)32-16-10-18(24)30-11-14(16)20-17(36-23(25)26)4-3-7-28-20/h3-5,7-8,10-13,23H,6,9H2,1-2H3,(H,30,32)(H2,27,29,33)/t13-/m0/s1. The second-order valence-corrected chi connectivity index (χ2v) is 8.14. The Morgan fingerprint density at radius 3 is 2.75 bits per heavy atom. The van der Waals surface area contributed by atoms with Gasteiger partial charge in [0.25, 0.3) is 0 Å². The van der Waals surface area contributed by atoms with Crippen molar-refractivity contribution in [1.29, 1.82) is 0 Å². The smallest absolute Gasteiger partial charge is 0.387 e. The Bertz CT molecular complexity index is 1340. The van der Waals surface area contributed by atoms with Crippen molar-refractivity contribution in [2.75, 3.05) is 17.7 Å². The molecule has 1 atom stereocenters. The third-order valence-electron chi connectivity index (χ3n) is 5.11. The van der Waals surface area contributed by atoms with Crippen LogP contribution in [-0.4, -0.2) is 49.0 Å². The molecule has 0 radical (unpaired) electrons. The summed E-state index contributed by atoms with van der Waals surface area (Å²) < 4.78 is 38.0. The van der Waals surface area contributed by atoms with E-state index in [9.17, 15) is 8.78 Å². The molecule has 0 aromatic carbocycles. The van der Waals surface area contributed by atoms with Crippen LogP contribution in [-0.2, 0) is 7.05 Å². The minimum absolute atomic E-state index is 0.0665. The summed E-state index contributed by atoms with van der Waals surface area (Å²) in [5.41, 5.74) is 7.64. The van der Waals surface area contributed by atoms with Crippen LogP contribution in [0, 0.1) is 0 Å². The summed E-state index contributed by atoms with van der Waals surface area (Å²) in [4.78, 5) is 16.8. The van der Waals surface area contributed by atoms with Crippen molar-refractivity contribution in [2.45, 2.75) is 26.0 Å². The molecule has 188 valence electrons. The Balaban J connectivity index is 1.47. The van der Waals surface area contributed by atoms with E-state index in [0.717, 1.165) is 0 Å². The molecule has 0 fully saturated rings. The van der Waals surface area contributed by atoms with Crippen molar-refractivity contribution in [3.8, 4) is 34.3 Å². The summed E-state index contributed by atoms with van der Waals surface area (Å²) in [6.07, 6.45) is 6.70. The van der Waals surface area contributed by atoms with Crippen molar-refractivity contribution in [2.24, 2.45) is 7.05 Å². The second-order valence-electron chi connectivity index (χ2n) is 7.76. The molecule has 0 saturated carbocycles. The van der Waals surface area contributed by atoms with Crippen LogP contribution in [0.1, 0.15) is 13.3 Å². The average molecular weight is 517 g/mol. The first-order valence-corrected chi connectivity index (χ1v) is 11.3. The molecule has 0 aliphatic rings. The van der Waals surface area contributed by atoms with Gasteiger partial charge in [0, 0.05) is 49.4 Å². The molecule has 10 nitrogen and oxygen atoms in total. The zero-order chi connectivity index (χ0) is 25.7. The fourth-order valence-electron chi connectivity index (χ4n) is 3.45. The van der Waals surface area contributed by atoms with E-state index in [1.54, 1.807) is 36.3 Å². The van der Waals surface area contributed by atoms with Crippen molar-refractivity contribution in [3.63, 3.8) is 0 Å². The number of alkyl halides is 2. The number of halogens is 3. The molecule has 36 heavy (non-hydrogen) atoms. The first kappa shape index (κ1) is 25.0. The van der Waals surface area contributed by atoms with Crippen molar-refractivity contribution >= 4 is 23.1 Å². The second kappa shape index (κ2) is 11.1. The van der Waals surface area contributed by atoms with Crippen LogP contribution >= 0.6 is 11.6 Å². The van der Waals surface area contributed by atoms with Gasteiger partial charge in [0.2, 0.25) is 5.88 Å². The number of nitrogens with two attached hydrogens (primary N) is 1. The maximum absolute atomic E-state index is 12.9. The third-order valence-corrected chi connectivity index (χ3v) is 5.31. The first-order chi connectivity index (χ1) is 17.3. The lowest BCUT2D eigenvalue weighted by Crippen LogP contribution is -2.19. The number of aryl methyl sites for hydroxylation is 1. The van der Waals surface area contributed by atoms with Crippen molar-refractivity contribution in [3.05, 3.63) is 54.2 Å². The molecule has 0 bridgehead atoms. The topological polar surface area (TPSA) is 126 Å². The largest absolute Gasteiger partial charge is 0.477 e. The Morgan fingerprint density at radius 1 is 1.14 bits per heavy atom. The highest BCUT2D eigenvalue weighted by molar-refractivity contribution is 6.29. The van der Waals surface area contributed by atoms with Gasteiger partial charge < -0.3 is 20.5 Å². The van der Waals surface area contributed by atoms with Crippen LogP contribution in [0.3, 0.4) is 0 Å². The zero-order valence-corrected chi connectivity index (χ0v) is 20.2. The Kier molecular flexibility index (Phi) is 7.74. The molecule has 0 spiro atoms. The average Bonchev–Trinajstić information content (AvgIpc) is 3.20. The van der Waals surface area contributed by atoms with Crippen molar-refractivity contribution in [1.82, 2.24) is 29.7 Å². The van der Waals surface area contributed by atoms with Gasteiger partial charge >= 0.3 is 6.61 Å². The summed E-state index contributed by atoms with van der Waals surface area (Å²) in [6.45, 7) is -0.711. The van der Waals surface area contributed by atoms with Gasteiger partial charge in [0.05, 0.1) is 12.8 Å². The lowest BCUT2D eigenvalue weighted by molar-refractivity contribution is -0.0496. The fourth-order valence-corrected chi connectivity index (χ4v) is 3.60. The lowest BCUT2D eigenvalue weighted by Gasteiger charge is -2.19. The first-order valence-electron chi connectivity index (χ1n) is 10.9. The number of pyridine rings is 2. The van der Waals surface area contributed by atoms with E-state index in [1.165, 1.54) is 24.5 Å². The summed E-state index contributed by atoms with van der Waals surface area (Å²) >= 11 is 6.11. The van der Waals surface area contributed by atoms with Crippen LogP contribution in [0.5, 0.6) is 11.6 Å². The highest BCUT2D eigenvalue weighted by Gasteiger charge is 2.18. The number of rotatable bonds is 10. The molecule has 13 heteroatoms. The molecule has 4 rings (SSSR count). The monoisotopic (exact) mass is 516 g/mol. The maximum atomic E-state index is 12.9. The van der Waals surface area contributed by atoms with Crippen LogP contribution in [0.4, 0.5) is 20.3 Å². The highest BCUT2D eigenvalue weighted by atomic mass is 35.5. The van der Waals surface area contributed by atoms with Gasteiger partial charge in [-0.3, -0.25) is 4.98 Å². The molecule has 4 aromatic heterocycles. The fraction of sp³-hybridized carbons (Fsp3) is 0.261. The minimum atomic E-state index is -2.99. The molecular weight excluding hydrogens is 494 g/mol. The highest BCUT2D eigenvalue weighted by Crippen LogP contribution is 2.35. The zero-order valence-electron chi connectivity index (χ0n) is 19.4. The van der Waals surface area contributed by atoms with Crippen LogP contribution in [0.15, 0.2) is 49.1 Å². The predicted molar refractivity (Wildman–Crippen MR) is 131 cm³/mol. The molecule has 4 aromatic rings. The molecule has 0 aliphatic carbocycles. The number of hydrogen-bond donors (Lipinski definition) is 2. The van der Waals surface area contributed by atoms with Crippen LogP contribution in [0.2, 0.25) is 5.15 Å². The number of anilines is 2. The summed E-state index contributed by atoms with van der Waals surface area (Å²) in [5, 5.41) is 7.80. The quantitative estimate of drug-likeness (QED) is 0.294. The number of nitrogens with one attached hydrogen (secondary N) is 1. The molecule has 3 N–H and O–H groups in total. The van der Waals surface area contributed by atoms with Crippen LogP contribution < -0.4 is 20.5 Å². The van der Waals surface area contributed by atoms with Crippen LogP contribution in [0.25, 0.3) is 22.6 Å². The normalized spacial score (nSPS) is 11.9. The van der Waals surface area contributed by atoms with Gasteiger partial charge in [-0.15, -0.1) is 0 Å². The molecule has 0 saturated heterocycles. The molecule has 0 unspecified atom stereocenters. The molecular formula is C23H23ClF2N8O2. The number of ether oxygens (including phenoxy) is 2. The minimum Gasteiger partial charge on any atom is -0.477 e. The number of nitrogen functional groups attached to an aromatic ring is 1. The SMILES string of the molecule is C[C@@H](CCOc1c(-c2nccc(N)n2)cnn1C)Nc1cc(Cl)ncc1-c1ncccc1OC(F)F. The summed E-state index contributed by atoms with van der Waals surface area (Å²) in [6, 6.07) is 6.02. The molecule has 0 amide bonds. The van der Waals surface area contributed by atoms with Gasteiger partial charge in [0.1, 0.15) is 22.2 Å². The van der Waals surface area contributed by atoms with Gasteiger partial charge in [-0.1, -0.05) is 11.6 Å². The Hall–Kier alpha value is -4.06. The lowest BCUT2D eigenvalue weighted by atomic mass is 10.1. The number of hydrogen-bond acceptors (Lipinski definition) is 9. The summed E-state index contributed by atoms with van der Waals surface area (Å²) in [7, 11) is 1.75. The van der Waals surface area contributed by atoms with E-state index >= 15 is 0 Å². The van der Waals surface area contributed by atoms with E-state index in [4.69, 9.17) is 22.1 Å². The van der Waals surface area contributed by atoms with Gasteiger partial charge in [0.15, 0.2) is 11.6 Å². The van der Waals surface area contributed by atoms with E-state index in [0.29, 0.717) is 47.4 Å². The van der Waals surface area contributed by atoms with Gasteiger partial charge in [-0.05, 0) is 31.2 Å². The van der Waals surface area contributed by atoms with E-state index in [-0.39, 0.29) is 22.6 Å². The number of nitrogens with zero attached hydrogens (tertiary/aromatic N) is 6. The Labute approximate surface area is 210 Å². The van der Waals surface area contributed by atoms with E-state index < -0.39 is 6.61 Å². The Morgan fingerprint density at radius 2 is 1.97 bits per heavy atom. The summed E-state index contributed by atoms with van der Waals surface area (Å²) in [5.74, 6) is 1.19.